The Balaban J connectivity index is 1.26. The van der Waals surface area contributed by atoms with E-state index in [1.165, 1.54) is 29.2 Å². The van der Waals surface area contributed by atoms with E-state index in [0.29, 0.717) is 52.0 Å². The van der Waals surface area contributed by atoms with E-state index < -0.39 is 85.5 Å². The van der Waals surface area contributed by atoms with Crippen molar-refractivity contribution in [3.05, 3.63) is 71.5 Å². The highest BCUT2D eigenvalue weighted by Gasteiger charge is 2.63. The molecular formula is C45H52F4N6O8S2. The van der Waals surface area contributed by atoms with Gasteiger partial charge >= 0.3 is 6.36 Å². The van der Waals surface area contributed by atoms with E-state index in [-0.39, 0.29) is 31.0 Å². The number of halogens is 4. The van der Waals surface area contributed by atoms with Crippen molar-refractivity contribution < 1.29 is 54.6 Å². The second-order valence-corrected chi connectivity index (χ2v) is 21.6. The van der Waals surface area contributed by atoms with Gasteiger partial charge in [-0.25, -0.2) is 22.8 Å². The molecule has 2 aromatic carbocycles. The number of methoxy groups -OCH3 is 1. The van der Waals surface area contributed by atoms with Crippen molar-refractivity contribution in [2.45, 2.75) is 115 Å². The number of fused-ring (bicyclic) bond motifs is 1. The molecule has 7 rings (SSSR count). The average Bonchev–Trinajstić information content (AvgIpc) is 3.99. The molecule has 0 spiro atoms. The lowest BCUT2D eigenvalue weighted by molar-refractivity contribution is -0.274. The predicted octanol–water partition coefficient (Wildman–Crippen LogP) is 7.77. The van der Waals surface area contributed by atoms with Gasteiger partial charge < -0.3 is 29.7 Å². The third kappa shape index (κ3) is 9.74. The van der Waals surface area contributed by atoms with Crippen molar-refractivity contribution in [1.82, 2.24) is 24.9 Å². The van der Waals surface area contributed by atoms with Crippen molar-refractivity contribution in [3.63, 3.8) is 0 Å². The lowest BCUT2D eigenvalue weighted by atomic mass is 9.85. The molecule has 1 aliphatic heterocycles. The number of aryl methyl sites for hydroxylation is 1. The summed E-state index contributed by atoms with van der Waals surface area (Å²) in [6.07, 6.45) is -3.92. The van der Waals surface area contributed by atoms with E-state index in [2.05, 4.69) is 26.7 Å². The fourth-order valence-corrected chi connectivity index (χ4v) is 10.2. The van der Waals surface area contributed by atoms with Crippen molar-refractivity contribution >= 4 is 55.7 Å². The van der Waals surface area contributed by atoms with Crippen LogP contribution < -0.4 is 29.6 Å². The first-order valence-corrected chi connectivity index (χ1v) is 23.4. The highest BCUT2D eigenvalue weighted by atomic mass is 32.2. The van der Waals surface area contributed by atoms with Crippen LogP contribution in [-0.2, 0) is 24.4 Å². The van der Waals surface area contributed by atoms with Gasteiger partial charge in [-0.15, -0.1) is 31.1 Å². The van der Waals surface area contributed by atoms with Gasteiger partial charge in [0.15, 0.2) is 0 Å². The number of nitrogens with zero attached hydrogens (tertiary/aromatic N) is 3. The molecule has 20 heteroatoms. The maximum absolute atomic E-state index is 15.0. The SMILES string of the molecule is C=C[C@@H]1CC1(NC(=O)[C@@H]1C[C@@H](Oc2cc(-c3nc(C(C)C)cs3)nc3c(C)c(OC)ccc23)CN1C(=O)[C@@H](Nc1cc(F)cc(OC(F)(F)F)c1)C(C)(C)C)C(=O)NS(=O)(=O)C1(C)CC1. The summed E-state index contributed by atoms with van der Waals surface area (Å²) in [5.41, 5.74) is -0.245. The summed E-state index contributed by atoms with van der Waals surface area (Å²) in [6.45, 7) is 16.0. The third-order valence-corrected chi connectivity index (χ3v) is 15.3. The van der Waals surface area contributed by atoms with Gasteiger partial charge in [-0.3, -0.25) is 19.1 Å². The zero-order chi connectivity index (χ0) is 47.6. The Morgan fingerprint density at radius 1 is 1.06 bits per heavy atom. The van der Waals surface area contributed by atoms with Gasteiger partial charge in [0.25, 0.3) is 5.91 Å². The predicted molar refractivity (Wildman–Crippen MR) is 237 cm³/mol. The van der Waals surface area contributed by atoms with Gasteiger partial charge in [0.2, 0.25) is 21.8 Å². The summed E-state index contributed by atoms with van der Waals surface area (Å²) < 4.78 is 98.0. The molecule has 3 N–H and O–H groups in total. The molecule has 350 valence electrons. The molecule has 3 fully saturated rings. The Morgan fingerprint density at radius 2 is 1.77 bits per heavy atom. The summed E-state index contributed by atoms with van der Waals surface area (Å²) in [5, 5.41) is 8.84. The van der Waals surface area contributed by atoms with Crippen molar-refractivity contribution in [3.8, 4) is 28.0 Å². The minimum Gasteiger partial charge on any atom is -0.496 e. The highest BCUT2D eigenvalue weighted by Crippen LogP contribution is 2.47. The Morgan fingerprint density at radius 3 is 2.35 bits per heavy atom. The molecule has 3 aliphatic rings. The second kappa shape index (κ2) is 17.1. The second-order valence-electron chi connectivity index (χ2n) is 18.6. The minimum absolute atomic E-state index is 0.0405. The number of hydrogen-bond acceptors (Lipinski definition) is 12. The standard InChI is InChI=1S/C45H52F4N6O8S2/c1-10-25-20-44(25,41(58)54-65(59,60)43(8)13-14-43)53-38(56)33-18-29(21-55(33)40(57)37(42(5,6)7)50-27-15-26(46)16-28(17-27)63-45(47,48)49)62-35-19-31(39-52-32(22-64-39)23(2)3)51-36-24(4)34(61-9)12-11-30(35)36/h10-12,15-17,19,22-23,25,29,33,37,50H,1,13-14,18,20-21H2,2-9H3,(H,53,56)(H,54,58)/t25-,29-,33+,37-,44?/m1/s1. The number of hydrogen-bond donors (Lipinski definition) is 3. The van der Waals surface area contributed by atoms with E-state index in [1.807, 2.05) is 26.2 Å². The van der Waals surface area contributed by atoms with Crippen LogP contribution in [0.1, 0.15) is 84.4 Å². The number of thiazole rings is 1. The Hall–Kier alpha value is -5.50. The lowest BCUT2D eigenvalue weighted by Crippen LogP contribution is -2.59. The molecule has 5 atom stereocenters. The molecular weight excluding hydrogens is 893 g/mol. The van der Waals surface area contributed by atoms with Gasteiger partial charge in [0.1, 0.15) is 57.5 Å². The molecule has 3 heterocycles. The average molecular weight is 945 g/mol. The minimum atomic E-state index is -5.13. The Bertz CT molecular complexity index is 2660. The number of anilines is 1. The largest absolute Gasteiger partial charge is 0.573 e. The smallest absolute Gasteiger partial charge is 0.496 e. The van der Waals surface area contributed by atoms with Crippen LogP contribution in [0.2, 0.25) is 0 Å². The normalized spacial score (nSPS) is 22.0. The van der Waals surface area contributed by atoms with E-state index in [1.54, 1.807) is 46.1 Å². The third-order valence-electron chi connectivity index (χ3n) is 12.3. The van der Waals surface area contributed by atoms with Crippen LogP contribution in [-0.4, -0.2) is 89.5 Å². The number of rotatable bonds is 15. The van der Waals surface area contributed by atoms with Crippen LogP contribution in [0.15, 0.2) is 54.4 Å². The van der Waals surface area contributed by atoms with Crippen LogP contribution in [0.5, 0.6) is 17.2 Å². The van der Waals surface area contributed by atoms with Gasteiger partial charge in [-0.2, -0.15) is 0 Å². The van der Waals surface area contributed by atoms with Crippen LogP contribution in [0, 0.1) is 24.1 Å². The number of nitrogens with one attached hydrogen (secondary N) is 3. The van der Waals surface area contributed by atoms with E-state index >= 15 is 0 Å². The van der Waals surface area contributed by atoms with Crippen LogP contribution in [0.4, 0.5) is 23.2 Å². The fraction of sp³-hybridized carbons (Fsp3) is 0.489. The molecule has 2 saturated carbocycles. The molecule has 3 amide bonds. The van der Waals surface area contributed by atoms with Gasteiger partial charge in [0, 0.05) is 52.6 Å². The number of carbonyl (C=O) groups excluding carboxylic acids is 3. The topological polar surface area (TPSA) is 178 Å². The maximum atomic E-state index is 15.0. The number of likely N-dealkylation sites (tertiary alicyclic amines) is 1. The molecule has 1 saturated heterocycles. The molecule has 2 aliphatic carbocycles. The van der Waals surface area contributed by atoms with Crippen molar-refractivity contribution in [2.24, 2.45) is 11.3 Å². The maximum Gasteiger partial charge on any atom is 0.573 e. The molecule has 2 aromatic heterocycles. The lowest BCUT2D eigenvalue weighted by Gasteiger charge is -2.36. The summed E-state index contributed by atoms with van der Waals surface area (Å²) >= 11 is 1.41. The van der Waals surface area contributed by atoms with Gasteiger partial charge in [-0.1, -0.05) is 40.7 Å². The first kappa shape index (κ1) is 47.5. The summed E-state index contributed by atoms with van der Waals surface area (Å²) in [7, 11) is -2.56. The molecule has 4 aromatic rings. The van der Waals surface area contributed by atoms with E-state index in [0.717, 1.165) is 23.4 Å². The first-order valence-electron chi connectivity index (χ1n) is 21.0. The number of ether oxygens (including phenoxy) is 3. The van der Waals surface area contributed by atoms with Gasteiger partial charge in [0.05, 0.1) is 29.6 Å². The first-order chi connectivity index (χ1) is 30.3. The van der Waals surface area contributed by atoms with Crippen LogP contribution in [0.25, 0.3) is 21.6 Å². The van der Waals surface area contributed by atoms with Crippen LogP contribution >= 0.6 is 11.3 Å². The summed E-state index contributed by atoms with van der Waals surface area (Å²) in [5.74, 6) is -3.90. The summed E-state index contributed by atoms with van der Waals surface area (Å²) in [4.78, 5) is 54.5. The number of aromatic nitrogens is 2. The Kier molecular flexibility index (Phi) is 12.5. The van der Waals surface area contributed by atoms with Gasteiger partial charge in [-0.05, 0) is 62.6 Å². The van der Waals surface area contributed by atoms with Crippen molar-refractivity contribution in [2.75, 3.05) is 19.0 Å². The Labute approximate surface area is 378 Å². The quantitative estimate of drug-likeness (QED) is 0.0784. The van der Waals surface area contributed by atoms with E-state index in [9.17, 15) is 40.4 Å². The van der Waals surface area contributed by atoms with E-state index in [4.69, 9.17) is 19.4 Å². The molecule has 14 nitrogen and oxygen atoms in total. The zero-order valence-corrected chi connectivity index (χ0v) is 38.8. The van der Waals surface area contributed by atoms with Crippen molar-refractivity contribution in [1.29, 1.82) is 0 Å². The highest BCUT2D eigenvalue weighted by molar-refractivity contribution is 7.91. The monoisotopic (exact) mass is 944 g/mol. The number of benzene rings is 2. The number of pyridine rings is 1. The molecule has 1 unspecified atom stereocenters. The molecule has 0 bridgehead atoms. The number of alkyl halides is 3. The molecule has 65 heavy (non-hydrogen) atoms. The number of amides is 3. The van der Waals surface area contributed by atoms with Crippen LogP contribution in [0.3, 0.4) is 0 Å². The number of carbonyl (C=O) groups is 3. The summed E-state index contributed by atoms with van der Waals surface area (Å²) in [6, 6.07) is 5.04. The zero-order valence-electron chi connectivity index (χ0n) is 37.2. The molecule has 0 radical (unpaired) electrons. The fourth-order valence-electron chi connectivity index (χ4n) is 7.97. The number of sulfonamides is 1.